The van der Waals surface area contributed by atoms with E-state index >= 15 is 0 Å². The lowest BCUT2D eigenvalue weighted by molar-refractivity contribution is -0.144. The summed E-state index contributed by atoms with van der Waals surface area (Å²) in [5, 5.41) is 0. The molecule has 0 unspecified atom stereocenters. The minimum absolute atomic E-state index is 0.0243. The number of piperidine rings is 3. The van der Waals surface area contributed by atoms with E-state index in [9.17, 15) is 4.79 Å². The quantitative estimate of drug-likeness (QED) is 0.812. The molecule has 4 atom stereocenters. The predicted molar refractivity (Wildman–Crippen MR) is 106 cm³/mol. The van der Waals surface area contributed by atoms with Crippen LogP contribution in [-0.4, -0.2) is 48.5 Å². The molecule has 1 aliphatic carbocycles. The number of methoxy groups -OCH3 is 1. The number of amides is 1. The Balaban J connectivity index is 1.35. The molecule has 4 heteroatoms. The fourth-order valence-corrected chi connectivity index (χ4v) is 5.94. The van der Waals surface area contributed by atoms with Crippen molar-refractivity contribution >= 4 is 5.91 Å². The summed E-state index contributed by atoms with van der Waals surface area (Å²) in [6, 6.07) is 9.87. The number of carbonyl (C=O) groups excluding carboxylic acids is 1. The smallest absolute Gasteiger partial charge is 0.228 e. The number of hydrogen-bond acceptors (Lipinski definition) is 3. The number of ether oxygens (including phenoxy) is 1. The van der Waals surface area contributed by atoms with E-state index in [2.05, 4.69) is 41.0 Å². The summed E-state index contributed by atoms with van der Waals surface area (Å²) in [6.45, 7) is 5.27. The van der Waals surface area contributed by atoms with Crippen LogP contribution in [0.15, 0.2) is 24.3 Å². The summed E-state index contributed by atoms with van der Waals surface area (Å²) in [7, 11) is 1.73. The monoisotopic (exact) mass is 368 g/mol. The standard InChI is InChI=1S/C23H32N2O2/c1-23(10-11-23)22(26)24-13-16-12-18(15-24)21-5-3-4-20(25(21)14-16)17-6-8-19(27-2)9-7-17/h6-9,16,18,20-21H,3-5,10-15H2,1-2H3/t16-,18+,20+,21-/m0/s1. The predicted octanol–water partition coefficient (Wildman–Crippen LogP) is 3.87. The molecule has 4 nitrogen and oxygen atoms in total. The van der Waals surface area contributed by atoms with Crippen molar-refractivity contribution in [3.05, 3.63) is 29.8 Å². The van der Waals surface area contributed by atoms with Gasteiger partial charge in [-0.1, -0.05) is 19.1 Å². The SMILES string of the molecule is COc1ccc([C@H]2CCC[C@H]3[C@@H]4C[C@@H](CN(C(=O)C5(C)CC5)C4)CN23)cc1. The molecule has 1 aromatic carbocycles. The van der Waals surface area contributed by atoms with E-state index in [1.54, 1.807) is 7.11 Å². The van der Waals surface area contributed by atoms with Gasteiger partial charge in [0.25, 0.3) is 0 Å². The minimum atomic E-state index is -0.0243. The van der Waals surface area contributed by atoms with Crippen LogP contribution >= 0.6 is 0 Å². The van der Waals surface area contributed by atoms with E-state index in [1.165, 1.54) is 31.2 Å². The maximum Gasteiger partial charge on any atom is 0.228 e. The van der Waals surface area contributed by atoms with E-state index < -0.39 is 0 Å². The highest BCUT2D eigenvalue weighted by atomic mass is 16.5. The topological polar surface area (TPSA) is 32.8 Å². The normalized spacial score (nSPS) is 34.7. The summed E-state index contributed by atoms with van der Waals surface area (Å²) in [5.74, 6) is 2.67. The lowest BCUT2D eigenvalue weighted by atomic mass is 9.73. The molecule has 3 saturated heterocycles. The number of likely N-dealkylation sites (tertiary alicyclic amines) is 1. The Labute approximate surface area is 162 Å². The number of rotatable bonds is 3. The molecular formula is C23H32N2O2. The first kappa shape index (κ1) is 17.5. The zero-order chi connectivity index (χ0) is 18.6. The van der Waals surface area contributed by atoms with Crippen molar-refractivity contribution in [1.29, 1.82) is 0 Å². The molecule has 0 aromatic heterocycles. The molecule has 3 aliphatic heterocycles. The third kappa shape index (κ3) is 3.06. The number of hydrogen-bond donors (Lipinski definition) is 0. The Morgan fingerprint density at radius 3 is 2.59 bits per heavy atom. The second-order valence-electron chi connectivity index (χ2n) is 9.62. The molecule has 1 amide bonds. The molecule has 1 aromatic rings. The van der Waals surface area contributed by atoms with Gasteiger partial charge >= 0.3 is 0 Å². The highest BCUT2D eigenvalue weighted by molar-refractivity contribution is 5.85. The first-order chi connectivity index (χ1) is 13.1. The van der Waals surface area contributed by atoms with Crippen molar-refractivity contribution < 1.29 is 9.53 Å². The summed E-state index contributed by atoms with van der Waals surface area (Å²) in [5.41, 5.74) is 1.41. The molecule has 2 bridgehead atoms. The lowest BCUT2D eigenvalue weighted by Gasteiger charge is -2.55. The molecule has 27 heavy (non-hydrogen) atoms. The molecule has 4 fully saturated rings. The highest BCUT2D eigenvalue weighted by Crippen LogP contribution is 2.49. The van der Waals surface area contributed by atoms with E-state index in [1.807, 2.05) is 0 Å². The van der Waals surface area contributed by atoms with Crippen LogP contribution in [0.3, 0.4) is 0 Å². The number of nitrogens with zero attached hydrogens (tertiary/aromatic N) is 2. The number of fused-ring (bicyclic) bond motifs is 4. The third-order valence-corrected chi connectivity index (χ3v) is 7.69. The van der Waals surface area contributed by atoms with Crippen LogP contribution in [0.5, 0.6) is 5.75 Å². The van der Waals surface area contributed by atoms with Gasteiger partial charge in [-0.05, 0) is 68.1 Å². The van der Waals surface area contributed by atoms with Gasteiger partial charge in [0.1, 0.15) is 5.75 Å². The minimum Gasteiger partial charge on any atom is -0.497 e. The average molecular weight is 369 g/mol. The maximum atomic E-state index is 12.9. The molecule has 0 spiro atoms. The van der Waals surface area contributed by atoms with Crippen LogP contribution < -0.4 is 4.74 Å². The fourth-order valence-electron chi connectivity index (χ4n) is 5.94. The second-order valence-corrected chi connectivity index (χ2v) is 9.62. The van der Waals surface area contributed by atoms with Crippen LogP contribution in [0, 0.1) is 17.3 Å². The molecule has 3 heterocycles. The van der Waals surface area contributed by atoms with E-state index in [-0.39, 0.29) is 5.41 Å². The van der Waals surface area contributed by atoms with Crippen molar-refractivity contribution in [2.24, 2.45) is 17.3 Å². The van der Waals surface area contributed by atoms with Crippen molar-refractivity contribution in [2.45, 2.75) is 57.5 Å². The first-order valence-corrected chi connectivity index (χ1v) is 10.8. The molecule has 4 aliphatic rings. The average Bonchev–Trinajstić information content (AvgIpc) is 3.45. The van der Waals surface area contributed by atoms with Crippen LogP contribution in [0.2, 0.25) is 0 Å². The molecule has 1 saturated carbocycles. The van der Waals surface area contributed by atoms with Crippen LogP contribution in [0.25, 0.3) is 0 Å². The Morgan fingerprint density at radius 1 is 1.11 bits per heavy atom. The van der Waals surface area contributed by atoms with Gasteiger partial charge < -0.3 is 9.64 Å². The molecule has 0 N–H and O–H groups in total. The highest BCUT2D eigenvalue weighted by Gasteiger charge is 2.51. The molecule has 146 valence electrons. The van der Waals surface area contributed by atoms with Gasteiger partial charge in [0, 0.05) is 37.1 Å². The van der Waals surface area contributed by atoms with E-state index in [0.717, 1.165) is 38.2 Å². The summed E-state index contributed by atoms with van der Waals surface area (Å²) in [6.07, 6.45) is 7.34. The zero-order valence-corrected chi connectivity index (χ0v) is 16.7. The second kappa shape index (κ2) is 6.51. The molecular weight excluding hydrogens is 336 g/mol. The third-order valence-electron chi connectivity index (χ3n) is 7.69. The van der Waals surface area contributed by atoms with Gasteiger partial charge in [-0.25, -0.2) is 0 Å². The van der Waals surface area contributed by atoms with Gasteiger partial charge in [0.05, 0.1) is 7.11 Å². The maximum absolute atomic E-state index is 12.9. The Hall–Kier alpha value is -1.55. The van der Waals surface area contributed by atoms with Gasteiger partial charge in [-0.15, -0.1) is 0 Å². The number of carbonyl (C=O) groups is 1. The van der Waals surface area contributed by atoms with Gasteiger partial charge in [0.15, 0.2) is 0 Å². The van der Waals surface area contributed by atoms with Gasteiger partial charge in [-0.2, -0.15) is 0 Å². The zero-order valence-electron chi connectivity index (χ0n) is 16.7. The summed E-state index contributed by atoms with van der Waals surface area (Å²) < 4.78 is 5.34. The Morgan fingerprint density at radius 2 is 1.89 bits per heavy atom. The Bertz CT molecular complexity index is 712. The van der Waals surface area contributed by atoms with Crippen molar-refractivity contribution in [2.75, 3.05) is 26.7 Å². The van der Waals surface area contributed by atoms with Crippen molar-refractivity contribution in [1.82, 2.24) is 9.80 Å². The first-order valence-electron chi connectivity index (χ1n) is 10.8. The molecule has 0 radical (unpaired) electrons. The van der Waals surface area contributed by atoms with Gasteiger partial charge in [0.2, 0.25) is 5.91 Å². The van der Waals surface area contributed by atoms with E-state index in [4.69, 9.17) is 4.74 Å². The fraction of sp³-hybridized carbons (Fsp3) is 0.696. The largest absolute Gasteiger partial charge is 0.497 e. The summed E-state index contributed by atoms with van der Waals surface area (Å²) in [4.78, 5) is 18.0. The van der Waals surface area contributed by atoms with E-state index in [0.29, 0.717) is 29.8 Å². The number of benzene rings is 1. The lowest BCUT2D eigenvalue weighted by Crippen LogP contribution is -2.61. The Kier molecular flexibility index (Phi) is 4.23. The summed E-state index contributed by atoms with van der Waals surface area (Å²) >= 11 is 0. The van der Waals surface area contributed by atoms with Crippen molar-refractivity contribution in [3.8, 4) is 5.75 Å². The molecule has 5 rings (SSSR count). The van der Waals surface area contributed by atoms with Crippen LogP contribution in [0.4, 0.5) is 0 Å². The van der Waals surface area contributed by atoms with Gasteiger partial charge in [-0.3, -0.25) is 9.69 Å². The van der Waals surface area contributed by atoms with Crippen molar-refractivity contribution in [3.63, 3.8) is 0 Å². The van der Waals surface area contributed by atoms with Crippen LogP contribution in [-0.2, 0) is 4.79 Å². The van der Waals surface area contributed by atoms with Crippen LogP contribution in [0.1, 0.15) is 57.1 Å².